The van der Waals surface area contributed by atoms with Crippen molar-refractivity contribution in [2.45, 2.75) is 29.5 Å². The van der Waals surface area contributed by atoms with E-state index in [9.17, 15) is 13.2 Å². The number of sulfone groups is 1. The zero-order chi connectivity index (χ0) is 16.5. The zero-order valence-electron chi connectivity index (χ0n) is 12.3. The summed E-state index contributed by atoms with van der Waals surface area (Å²) in [6.45, 7) is 1.78. The van der Waals surface area contributed by atoms with E-state index in [2.05, 4.69) is 0 Å². The van der Waals surface area contributed by atoms with Gasteiger partial charge in [0.2, 0.25) is 5.91 Å². The molecule has 122 valence electrons. The Morgan fingerprint density at radius 2 is 2.09 bits per heavy atom. The Kier molecular flexibility index (Phi) is 5.69. The summed E-state index contributed by atoms with van der Waals surface area (Å²) in [4.78, 5) is 14.8. The topological polar surface area (TPSA) is 54.5 Å². The van der Waals surface area contributed by atoms with Gasteiger partial charge in [-0.1, -0.05) is 23.2 Å². The highest BCUT2D eigenvalue weighted by molar-refractivity contribution is 8.00. The molecule has 0 bridgehead atoms. The number of thioether (sulfide) groups is 1. The van der Waals surface area contributed by atoms with Crippen molar-refractivity contribution in [3.8, 4) is 0 Å². The molecular formula is C14H17Cl2NO3S2. The molecule has 0 aliphatic carbocycles. The largest absolute Gasteiger partial charge is 0.341 e. The number of carbonyl (C=O) groups is 1. The number of rotatable bonds is 4. The highest BCUT2D eigenvalue weighted by atomic mass is 35.5. The molecule has 1 heterocycles. The Balaban J connectivity index is 2.04. The summed E-state index contributed by atoms with van der Waals surface area (Å²) in [5, 5.41) is 0.728. The highest BCUT2D eigenvalue weighted by Crippen LogP contribution is 2.33. The molecular weight excluding hydrogens is 365 g/mol. The second-order valence-corrected chi connectivity index (χ2v) is 9.80. The van der Waals surface area contributed by atoms with E-state index in [0.717, 1.165) is 4.90 Å². The van der Waals surface area contributed by atoms with Crippen molar-refractivity contribution in [1.29, 1.82) is 0 Å². The molecule has 1 amide bonds. The first kappa shape index (κ1) is 17.9. The van der Waals surface area contributed by atoms with Crippen LogP contribution in [0.4, 0.5) is 0 Å². The highest BCUT2D eigenvalue weighted by Gasteiger charge is 2.34. The number of nitrogens with zero attached hydrogens (tertiary/aromatic N) is 1. The predicted molar refractivity (Wildman–Crippen MR) is 91.6 cm³/mol. The molecule has 2 atom stereocenters. The normalized spacial score (nSPS) is 21.5. The SMILES string of the molecule is CC(Sc1cc(Cl)ccc1Cl)C(=O)N(C)C1CCS(=O)(=O)C1. The number of carbonyl (C=O) groups excluding carboxylic acids is 1. The molecule has 1 saturated heterocycles. The molecule has 1 aliphatic rings. The van der Waals surface area contributed by atoms with E-state index >= 15 is 0 Å². The molecule has 2 rings (SSSR count). The van der Waals surface area contributed by atoms with E-state index in [4.69, 9.17) is 23.2 Å². The third-order valence-corrected chi connectivity index (χ3v) is 7.22. The maximum atomic E-state index is 12.5. The molecule has 22 heavy (non-hydrogen) atoms. The second kappa shape index (κ2) is 6.99. The lowest BCUT2D eigenvalue weighted by Gasteiger charge is -2.26. The van der Waals surface area contributed by atoms with Gasteiger partial charge in [0.1, 0.15) is 0 Å². The molecule has 1 aliphatic heterocycles. The van der Waals surface area contributed by atoms with Gasteiger partial charge in [0, 0.05) is 23.0 Å². The molecule has 0 saturated carbocycles. The van der Waals surface area contributed by atoms with Crippen molar-refractivity contribution in [1.82, 2.24) is 4.90 Å². The van der Waals surface area contributed by atoms with Crippen LogP contribution >= 0.6 is 35.0 Å². The number of hydrogen-bond acceptors (Lipinski definition) is 4. The van der Waals surface area contributed by atoms with Crippen LogP contribution in [0.5, 0.6) is 0 Å². The van der Waals surface area contributed by atoms with E-state index in [1.54, 1.807) is 37.1 Å². The lowest BCUT2D eigenvalue weighted by Crippen LogP contribution is -2.41. The van der Waals surface area contributed by atoms with Gasteiger partial charge in [-0.05, 0) is 31.5 Å². The van der Waals surface area contributed by atoms with Crippen LogP contribution in [0.15, 0.2) is 23.1 Å². The maximum absolute atomic E-state index is 12.5. The molecule has 1 aromatic carbocycles. The smallest absolute Gasteiger partial charge is 0.235 e. The Morgan fingerprint density at radius 3 is 2.68 bits per heavy atom. The summed E-state index contributed by atoms with van der Waals surface area (Å²) >= 11 is 13.4. The molecule has 4 nitrogen and oxygen atoms in total. The lowest BCUT2D eigenvalue weighted by molar-refractivity contribution is -0.130. The van der Waals surface area contributed by atoms with E-state index in [1.165, 1.54) is 11.8 Å². The van der Waals surface area contributed by atoms with Crippen LogP contribution in [-0.4, -0.2) is 49.1 Å². The molecule has 0 spiro atoms. The number of halogens is 2. The average molecular weight is 382 g/mol. The first-order chi connectivity index (χ1) is 10.2. The van der Waals surface area contributed by atoms with Gasteiger partial charge in [-0.15, -0.1) is 11.8 Å². The van der Waals surface area contributed by atoms with Crippen LogP contribution in [-0.2, 0) is 14.6 Å². The first-order valence-electron chi connectivity index (χ1n) is 6.78. The van der Waals surface area contributed by atoms with Gasteiger partial charge in [-0.3, -0.25) is 4.79 Å². The van der Waals surface area contributed by atoms with E-state index in [0.29, 0.717) is 16.5 Å². The number of benzene rings is 1. The third kappa shape index (κ3) is 4.31. The van der Waals surface area contributed by atoms with E-state index in [1.807, 2.05) is 0 Å². The summed E-state index contributed by atoms with van der Waals surface area (Å²) in [5.41, 5.74) is 0. The van der Waals surface area contributed by atoms with Gasteiger partial charge in [-0.25, -0.2) is 8.42 Å². The monoisotopic (exact) mass is 381 g/mol. The number of hydrogen-bond donors (Lipinski definition) is 0. The third-order valence-electron chi connectivity index (χ3n) is 3.65. The maximum Gasteiger partial charge on any atom is 0.235 e. The minimum Gasteiger partial charge on any atom is -0.341 e. The van der Waals surface area contributed by atoms with Crippen molar-refractivity contribution < 1.29 is 13.2 Å². The van der Waals surface area contributed by atoms with Gasteiger partial charge in [-0.2, -0.15) is 0 Å². The summed E-state index contributed by atoms with van der Waals surface area (Å²) in [5.74, 6) is 0.0877. The standard InChI is InChI=1S/C14H17Cl2NO3S2/c1-9(21-13-7-10(15)3-4-12(13)16)14(18)17(2)11-5-6-22(19,20)8-11/h3-4,7,9,11H,5-6,8H2,1-2H3. The average Bonchev–Trinajstić information content (AvgIpc) is 2.81. The molecule has 1 fully saturated rings. The van der Waals surface area contributed by atoms with Gasteiger partial charge < -0.3 is 4.90 Å². The van der Waals surface area contributed by atoms with Crippen molar-refractivity contribution in [3.63, 3.8) is 0 Å². The van der Waals surface area contributed by atoms with Crippen LogP contribution in [0, 0.1) is 0 Å². The predicted octanol–water partition coefficient (Wildman–Crippen LogP) is 3.12. The fourth-order valence-electron chi connectivity index (χ4n) is 2.36. The minimum atomic E-state index is -3.01. The van der Waals surface area contributed by atoms with E-state index in [-0.39, 0.29) is 28.7 Å². The van der Waals surface area contributed by atoms with Crippen molar-refractivity contribution >= 4 is 50.7 Å². The second-order valence-electron chi connectivity index (χ2n) is 5.34. The van der Waals surface area contributed by atoms with Crippen LogP contribution in [0.3, 0.4) is 0 Å². The fourth-order valence-corrected chi connectivity index (χ4v) is 5.64. The molecule has 0 radical (unpaired) electrons. The van der Waals surface area contributed by atoms with E-state index < -0.39 is 9.84 Å². The molecule has 8 heteroatoms. The summed E-state index contributed by atoms with van der Waals surface area (Å²) < 4.78 is 23.1. The zero-order valence-corrected chi connectivity index (χ0v) is 15.4. The van der Waals surface area contributed by atoms with Crippen molar-refractivity contribution in [2.75, 3.05) is 18.6 Å². The molecule has 0 aromatic heterocycles. The van der Waals surface area contributed by atoms with Crippen molar-refractivity contribution in [3.05, 3.63) is 28.2 Å². The Labute approximate surface area is 145 Å². The van der Waals surface area contributed by atoms with Gasteiger partial charge in [0.25, 0.3) is 0 Å². The summed E-state index contributed by atoms with van der Waals surface area (Å²) in [6.07, 6.45) is 0.500. The Bertz CT molecular complexity index is 679. The Hall–Kier alpha value is -0.430. The fraction of sp³-hybridized carbons (Fsp3) is 0.500. The number of amides is 1. The quantitative estimate of drug-likeness (QED) is 0.751. The Morgan fingerprint density at radius 1 is 1.41 bits per heavy atom. The van der Waals surface area contributed by atoms with Gasteiger partial charge in [0.15, 0.2) is 9.84 Å². The molecule has 2 unspecified atom stereocenters. The first-order valence-corrected chi connectivity index (χ1v) is 10.2. The van der Waals surface area contributed by atoms with Crippen LogP contribution < -0.4 is 0 Å². The van der Waals surface area contributed by atoms with Crippen LogP contribution in [0.2, 0.25) is 10.0 Å². The summed E-state index contributed by atoms with van der Waals surface area (Å²) in [7, 11) is -1.35. The van der Waals surface area contributed by atoms with Gasteiger partial charge in [0.05, 0.1) is 21.8 Å². The molecule has 0 N–H and O–H groups in total. The van der Waals surface area contributed by atoms with Crippen LogP contribution in [0.25, 0.3) is 0 Å². The lowest BCUT2D eigenvalue weighted by atomic mass is 10.2. The van der Waals surface area contributed by atoms with Crippen LogP contribution in [0.1, 0.15) is 13.3 Å². The minimum absolute atomic E-state index is 0.0462. The molecule has 1 aromatic rings. The van der Waals surface area contributed by atoms with Crippen molar-refractivity contribution in [2.24, 2.45) is 0 Å². The summed E-state index contributed by atoms with van der Waals surface area (Å²) in [6, 6.07) is 4.86. The van der Waals surface area contributed by atoms with Gasteiger partial charge >= 0.3 is 0 Å².